The Morgan fingerprint density at radius 1 is 1.04 bits per heavy atom. The van der Waals surface area contributed by atoms with E-state index in [1.165, 1.54) is 5.56 Å². The molecule has 0 aliphatic carbocycles. The summed E-state index contributed by atoms with van der Waals surface area (Å²) in [6.07, 6.45) is 5.41. The Labute approximate surface area is 158 Å². The predicted molar refractivity (Wildman–Crippen MR) is 104 cm³/mol. The number of halogens is 1. The first-order valence-electron chi connectivity index (χ1n) is 8.56. The Kier molecular flexibility index (Phi) is 6.28. The number of carbonyl (C=O) groups excluding carboxylic acids is 1. The number of carbonyl (C=O) groups is 1. The first-order valence-corrected chi connectivity index (χ1v) is 8.93. The van der Waals surface area contributed by atoms with Gasteiger partial charge < -0.3 is 10.6 Å². The fourth-order valence-corrected chi connectivity index (χ4v) is 2.75. The minimum absolute atomic E-state index is 0.161. The van der Waals surface area contributed by atoms with Crippen LogP contribution in [0.5, 0.6) is 0 Å². The third kappa shape index (κ3) is 5.36. The number of aryl methyl sites for hydroxylation is 1. The zero-order valence-corrected chi connectivity index (χ0v) is 15.1. The molecule has 0 radical (unpaired) electrons. The van der Waals surface area contributed by atoms with Crippen LogP contribution in [0.15, 0.2) is 67.0 Å². The van der Waals surface area contributed by atoms with Gasteiger partial charge in [0.2, 0.25) is 0 Å². The largest absolute Gasteiger partial charge is 0.338 e. The van der Waals surface area contributed by atoms with E-state index in [0.717, 1.165) is 29.1 Å². The van der Waals surface area contributed by atoms with E-state index < -0.39 is 0 Å². The minimum atomic E-state index is -0.161. The number of rotatable bonds is 7. The number of nitrogens with zero attached hydrogens (tertiary/aromatic N) is 2. The van der Waals surface area contributed by atoms with E-state index in [-0.39, 0.29) is 6.03 Å². The number of benzene rings is 2. The minimum Gasteiger partial charge on any atom is -0.338 e. The summed E-state index contributed by atoms with van der Waals surface area (Å²) in [5.74, 6) is 0. The van der Waals surface area contributed by atoms with Gasteiger partial charge in [-0.1, -0.05) is 35.9 Å². The highest BCUT2D eigenvalue weighted by molar-refractivity contribution is 6.30. The first-order chi connectivity index (χ1) is 12.7. The molecule has 26 heavy (non-hydrogen) atoms. The molecule has 0 aliphatic rings. The monoisotopic (exact) mass is 368 g/mol. The predicted octanol–water partition coefficient (Wildman–Crippen LogP) is 3.96. The molecule has 0 saturated carbocycles. The number of urea groups is 1. The SMILES string of the molecule is O=C(NCCCc1ccc(Cl)cc1)NCc1cccc(-n2cccn2)c1. The highest BCUT2D eigenvalue weighted by atomic mass is 35.5. The summed E-state index contributed by atoms with van der Waals surface area (Å²) < 4.78 is 1.79. The van der Waals surface area contributed by atoms with Crippen molar-refractivity contribution in [1.29, 1.82) is 0 Å². The van der Waals surface area contributed by atoms with Crippen LogP contribution in [0.2, 0.25) is 5.02 Å². The molecule has 3 aromatic rings. The van der Waals surface area contributed by atoms with Crippen molar-refractivity contribution in [2.75, 3.05) is 6.54 Å². The second-order valence-corrected chi connectivity index (χ2v) is 6.40. The van der Waals surface area contributed by atoms with E-state index >= 15 is 0 Å². The summed E-state index contributed by atoms with van der Waals surface area (Å²) >= 11 is 5.87. The Balaban J connectivity index is 1.39. The number of hydrogen-bond donors (Lipinski definition) is 2. The standard InChI is InChI=1S/C20H21ClN4O/c21-18-9-7-16(8-10-18)5-2-11-22-20(26)23-15-17-4-1-6-19(14-17)25-13-3-12-24-25/h1,3-4,6-10,12-14H,2,5,11,15H2,(H2,22,23,26). The highest BCUT2D eigenvalue weighted by Crippen LogP contribution is 2.11. The van der Waals surface area contributed by atoms with Gasteiger partial charge in [-0.05, 0) is 54.3 Å². The van der Waals surface area contributed by atoms with E-state index in [4.69, 9.17) is 11.6 Å². The van der Waals surface area contributed by atoms with E-state index in [1.807, 2.05) is 60.8 Å². The van der Waals surface area contributed by atoms with Crippen molar-refractivity contribution in [1.82, 2.24) is 20.4 Å². The fraction of sp³-hybridized carbons (Fsp3) is 0.200. The van der Waals surface area contributed by atoms with E-state index in [0.29, 0.717) is 13.1 Å². The topological polar surface area (TPSA) is 59.0 Å². The van der Waals surface area contributed by atoms with Gasteiger partial charge in [-0.3, -0.25) is 0 Å². The molecule has 2 amide bonds. The van der Waals surface area contributed by atoms with Crippen LogP contribution in [0, 0.1) is 0 Å². The summed E-state index contributed by atoms with van der Waals surface area (Å²) in [7, 11) is 0. The maximum absolute atomic E-state index is 11.9. The second kappa shape index (κ2) is 9.06. The molecular weight excluding hydrogens is 348 g/mol. The van der Waals surface area contributed by atoms with Crippen LogP contribution < -0.4 is 10.6 Å². The van der Waals surface area contributed by atoms with Gasteiger partial charge in [0.05, 0.1) is 5.69 Å². The van der Waals surface area contributed by atoms with E-state index in [2.05, 4.69) is 15.7 Å². The molecule has 0 unspecified atom stereocenters. The van der Waals surface area contributed by atoms with Gasteiger partial charge in [-0.15, -0.1) is 0 Å². The van der Waals surface area contributed by atoms with E-state index in [9.17, 15) is 4.79 Å². The molecule has 1 aromatic heterocycles. The maximum atomic E-state index is 11.9. The second-order valence-electron chi connectivity index (χ2n) is 5.96. The Morgan fingerprint density at radius 3 is 2.65 bits per heavy atom. The maximum Gasteiger partial charge on any atom is 0.315 e. The Bertz CT molecular complexity index is 831. The average molecular weight is 369 g/mol. The summed E-state index contributed by atoms with van der Waals surface area (Å²) in [6, 6.07) is 17.4. The lowest BCUT2D eigenvalue weighted by atomic mass is 10.1. The third-order valence-corrected chi connectivity index (χ3v) is 4.23. The van der Waals surface area contributed by atoms with Crippen LogP contribution in [0.3, 0.4) is 0 Å². The molecule has 3 rings (SSSR count). The summed E-state index contributed by atoms with van der Waals surface area (Å²) in [5, 5.41) is 10.7. The van der Waals surface area contributed by atoms with Gasteiger partial charge in [-0.25, -0.2) is 9.48 Å². The number of nitrogens with one attached hydrogen (secondary N) is 2. The number of hydrogen-bond acceptors (Lipinski definition) is 2. The molecule has 0 saturated heterocycles. The van der Waals surface area contributed by atoms with Gasteiger partial charge in [0.15, 0.2) is 0 Å². The molecule has 2 aromatic carbocycles. The van der Waals surface area contributed by atoms with Gasteiger partial charge in [0, 0.05) is 30.5 Å². The van der Waals surface area contributed by atoms with Gasteiger partial charge >= 0.3 is 6.03 Å². The average Bonchev–Trinajstić information content (AvgIpc) is 3.20. The van der Waals surface area contributed by atoms with Crippen molar-refractivity contribution in [3.05, 3.63) is 83.1 Å². The molecule has 0 aliphatic heterocycles. The molecule has 0 bridgehead atoms. The molecule has 134 valence electrons. The summed E-state index contributed by atoms with van der Waals surface area (Å²) in [4.78, 5) is 11.9. The summed E-state index contributed by atoms with van der Waals surface area (Å²) in [6.45, 7) is 1.10. The van der Waals surface area contributed by atoms with Crippen molar-refractivity contribution in [2.45, 2.75) is 19.4 Å². The number of amides is 2. The van der Waals surface area contributed by atoms with Crippen molar-refractivity contribution in [3.63, 3.8) is 0 Å². The van der Waals surface area contributed by atoms with Crippen molar-refractivity contribution >= 4 is 17.6 Å². The normalized spacial score (nSPS) is 10.5. The van der Waals surface area contributed by atoms with Crippen LogP contribution in [-0.4, -0.2) is 22.4 Å². The molecule has 0 atom stereocenters. The molecule has 0 spiro atoms. The van der Waals surface area contributed by atoms with Crippen LogP contribution in [-0.2, 0) is 13.0 Å². The lowest BCUT2D eigenvalue weighted by molar-refractivity contribution is 0.240. The van der Waals surface area contributed by atoms with Crippen molar-refractivity contribution < 1.29 is 4.79 Å². The zero-order chi connectivity index (χ0) is 18.2. The van der Waals surface area contributed by atoms with Gasteiger partial charge in [-0.2, -0.15) is 5.10 Å². The molecular formula is C20H21ClN4O. The Morgan fingerprint density at radius 2 is 1.88 bits per heavy atom. The van der Waals surface area contributed by atoms with Crippen LogP contribution in [0.1, 0.15) is 17.5 Å². The van der Waals surface area contributed by atoms with Crippen LogP contribution in [0.4, 0.5) is 4.79 Å². The van der Waals surface area contributed by atoms with Crippen molar-refractivity contribution in [3.8, 4) is 5.69 Å². The smallest absolute Gasteiger partial charge is 0.315 e. The lowest BCUT2D eigenvalue weighted by Crippen LogP contribution is -2.35. The van der Waals surface area contributed by atoms with Crippen LogP contribution in [0.25, 0.3) is 5.69 Å². The molecule has 1 heterocycles. The third-order valence-electron chi connectivity index (χ3n) is 3.97. The van der Waals surface area contributed by atoms with Crippen molar-refractivity contribution in [2.24, 2.45) is 0 Å². The quantitative estimate of drug-likeness (QED) is 0.620. The van der Waals surface area contributed by atoms with E-state index in [1.54, 1.807) is 10.9 Å². The zero-order valence-electron chi connectivity index (χ0n) is 14.4. The summed E-state index contributed by atoms with van der Waals surface area (Å²) in [5.41, 5.74) is 3.21. The highest BCUT2D eigenvalue weighted by Gasteiger charge is 2.02. The lowest BCUT2D eigenvalue weighted by Gasteiger charge is -2.09. The molecule has 0 fully saturated rings. The number of aromatic nitrogens is 2. The van der Waals surface area contributed by atoms with Gasteiger partial charge in [0.25, 0.3) is 0 Å². The molecule has 5 nitrogen and oxygen atoms in total. The van der Waals surface area contributed by atoms with Crippen LogP contribution >= 0.6 is 11.6 Å². The van der Waals surface area contributed by atoms with Gasteiger partial charge in [0.1, 0.15) is 0 Å². The first kappa shape index (κ1) is 18.0. The Hall–Kier alpha value is -2.79. The molecule has 6 heteroatoms. The molecule has 2 N–H and O–H groups in total. The fourth-order valence-electron chi connectivity index (χ4n) is 2.62.